The van der Waals surface area contributed by atoms with Crippen LogP contribution < -0.4 is 11.1 Å². The molecule has 1 aromatic carbocycles. The molecule has 0 bridgehead atoms. The molecule has 3 N–H and O–H groups in total. The van der Waals surface area contributed by atoms with Crippen molar-refractivity contribution in [3.63, 3.8) is 0 Å². The van der Waals surface area contributed by atoms with Gasteiger partial charge in [-0.2, -0.15) is 0 Å². The summed E-state index contributed by atoms with van der Waals surface area (Å²) in [6.45, 7) is 2.98. The minimum absolute atomic E-state index is 0.0111. The lowest BCUT2D eigenvalue weighted by molar-refractivity contribution is -0.121. The Hall–Kier alpha value is -2.14. The third-order valence-electron chi connectivity index (χ3n) is 3.31. The minimum atomic E-state index is -0.172. The van der Waals surface area contributed by atoms with Gasteiger partial charge in [0.15, 0.2) is 0 Å². The van der Waals surface area contributed by atoms with E-state index < -0.39 is 0 Å². The van der Waals surface area contributed by atoms with Crippen LogP contribution in [-0.2, 0) is 17.8 Å². The summed E-state index contributed by atoms with van der Waals surface area (Å²) in [5.74, 6) is -0.0111. The second-order valence-electron chi connectivity index (χ2n) is 5.09. The monoisotopic (exact) mass is 286 g/mol. The molecule has 0 aliphatic rings. The second kappa shape index (κ2) is 7.59. The van der Waals surface area contributed by atoms with Gasteiger partial charge in [0, 0.05) is 12.7 Å². The highest BCUT2D eigenvalue weighted by molar-refractivity contribution is 5.75. The predicted molar refractivity (Wildman–Crippen MR) is 82.6 cm³/mol. The lowest BCUT2D eigenvalue weighted by Crippen LogP contribution is -2.29. The minimum Gasteiger partial charge on any atom is -0.355 e. The summed E-state index contributed by atoms with van der Waals surface area (Å²) in [6.07, 6.45) is 5.05. The molecule has 5 nitrogen and oxygen atoms in total. The Morgan fingerprint density at radius 3 is 2.86 bits per heavy atom. The third kappa shape index (κ3) is 4.43. The Labute approximate surface area is 125 Å². The van der Waals surface area contributed by atoms with Gasteiger partial charge in [-0.15, -0.1) is 0 Å². The van der Waals surface area contributed by atoms with Crippen LogP contribution in [0.5, 0.6) is 0 Å². The number of imidazole rings is 1. The standard InChI is InChI=1S/C16H22N4O/c1-2-8-19-16(21)11-20-12-18-10-15(20)14(17)9-13-6-4-3-5-7-13/h3-7,10,12,14H,2,8-9,11,17H2,1H3,(H,19,21)/t14-/m1/s1. The van der Waals surface area contributed by atoms with Crippen molar-refractivity contribution >= 4 is 5.91 Å². The summed E-state index contributed by atoms with van der Waals surface area (Å²) in [6, 6.07) is 9.91. The number of nitrogens with two attached hydrogens (primary N) is 1. The largest absolute Gasteiger partial charge is 0.355 e. The predicted octanol–water partition coefficient (Wildman–Crippen LogP) is 1.65. The number of hydrogen-bond donors (Lipinski definition) is 2. The van der Waals surface area contributed by atoms with Gasteiger partial charge in [-0.25, -0.2) is 4.98 Å². The molecule has 2 rings (SSSR count). The Balaban J connectivity index is 2.00. The fourth-order valence-electron chi connectivity index (χ4n) is 2.22. The average molecular weight is 286 g/mol. The van der Waals surface area contributed by atoms with Gasteiger partial charge in [-0.3, -0.25) is 4.79 Å². The first-order valence-electron chi connectivity index (χ1n) is 7.27. The van der Waals surface area contributed by atoms with Crippen molar-refractivity contribution < 1.29 is 4.79 Å². The molecule has 112 valence electrons. The van der Waals surface area contributed by atoms with Crippen molar-refractivity contribution in [2.24, 2.45) is 5.73 Å². The fraction of sp³-hybridized carbons (Fsp3) is 0.375. The average Bonchev–Trinajstić information content (AvgIpc) is 2.94. The first kappa shape index (κ1) is 15.3. The number of carbonyl (C=O) groups excluding carboxylic acids is 1. The van der Waals surface area contributed by atoms with Gasteiger partial charge in [0.25, 0.3) is 0 Å². The molecule has 0 spiro atoms. The van der Waals surface area contributed by atoms with E-state index in [1.165, 1.54) is 5.56 Å². The van der Waals surface area contributed by atoms with Gasteiger partial charge in [0.05, 0.1) is 18.1 Å². The third-order valence-corrected chi connectivity index (χ3v) is 3.31. The Kier molecular flexibility index (Phi) is 5.51. The number of amides is 1. The summed E-state index contributed by atoms with van der Waals surface area (Å²) >= 11 is 0. The Bertz CT molecular complexity index is 565. The molecule has 1 atom stereocenters. The molecule has 0 saturated heterocycles. The van der Waals surface area contributed by atoms with Crippen LogP contribution in [-0.4, -0.2) is 22.0 Å². The van der Waals surface area contributed by atoms with Gasteiger partial charge >= 0.3 is 0 Å². The van der Waals surface area contributed by atoms with E-state index in [2.05, 4.69) is 22.4 Å². The van der Waals surface area contributed by atoms with Crippen LogP contribution in [0.25, 0.3) is 0 Å². The molecular formula is C16H22N4O. The first-order valence-corrected chi connectivity index (χ1v) is 7.27. The summed E-state index contributed by atoms with van der Waals surface area (Å²) in [4.78, 5) is 15.9. The van der Waals surface area contributed by atoms with Crippen LogP contribution in [0.1, 0.15) is 30.6 Å². The van der Waals surface area contributed by atoms with Crippen LogP contribution in [0.15, 0.2) is 42.9 Å². The smallest absolute Gasteiger partial charge is 0.239 e. The van der Waals surface area contributed by atoms with Crippen LogP contribution in [0, 0.1) is 0 Å². The second-order valence-corrected chi connectivity index (χ2v) is 5.09. The highest BCUT2D eigenvalue weighted by Crippen LogP contribution is 2.15. The van der Waals surface area contributed by atoms with Crippen LogP contribution in [0.2, 0.25) is 0 Å². The quantitative estimate of drug-likeness (QED) is 0.813. The zero-order chi connectivity index (χ0) is 15.1. The highest BCUT2D eigenvalue weighted by Gasteiger charge is 2.14. The summed E-state index contributed by atoms with van der Waals surface area (Å²) in [5, 5.41) is 2.86. The summed E-state index contributed by atoms with van der Waals surface area (Å²) in [5.41, 5.74) is 8.31. The molecule has 0 fully saturated rings. The maximum Gasteiger partial charge on any atom is 0.239 e. The lowest BCUT2D eigenvalue weighted by Gasteiger charge is -2.14. The number of rotatable bonds is 7. The fourth-order valence-corrected chi connectivity index (χ4v) is 2.22. The summed E-state index contributed by atoms with van der Waals surface area (Å²) in [7, 11) is 0. The topological polar surface area (TPSA) is 72.9 Å². The van der Waals surface area contributed by atoms with Gasteiger partial charge in [-0.1, -0.05) is 37.3 Å². The van der Waals surface area contributed by atoms with Crippen molar-refractivity contribution in [2.75, 3.05) is 6.54 Å². The molecular weight excluding hydrogens is 264 g/mol. The highest BCUT2D eigenvalue weighted by atomic mass is 16.1. The van der Waals surface area contributed by atoms with Crippen molar-refractivity contribution in [1.29, 1.82) is 0 Å². The van der Waals surface area contributed by atoms with Gasteiger partial charge in [0.2, 0.25) is 5.91 Å². The first-order chi connectivity index (χ1) is 10.2. The number of hydrogen-bond acceptors (Lipinski definition) is 3. The van der Waals surface area contributed by atoms with E-state index in [0.29, 0.717) is 6.54 Å². The van der Waals surface area contributed by atoms with Crippen molar-refractivity contribution in [1.82, 2.24) is 14.9 Å². The van der Waals surface area contributed by atoms with Crippen molar-refractivity contribution in [3.8, 4) is 0 Å². The molecule has 2 aromatic rings. The molecule has 5 heteroatoms. The molecule has 21 heavy (non-hydrogen) atoms. The molecule has 1 heterocycles. The zero-order valence-electron chi connectivity index (χ0n) is 12.3. The normalized spacial score (nSPS) is 12.1. The van der Waals surface area contributed by atoms with E-state index in [4.69, 9.17) is 5.73 Å². The molecule has 0 aliphatic heterocycles. The molecule has 0 unspecified atom stereocenters. The van der Waals surface area contributed by atoms with Crippen LogP contribution in [0.3, 0.4) is 0 Å². The van der Waals surface area contributed by atoms with E-state index in [0.717, 1.165) is 18.5 Å². The SMILES string of the molecule is CCCNC(=O)Cn1cncc1[C@H](N)Cc1ccccc1. The van der Waals surface area contributed by atoms with E-state index in [1.807, 2.05) is 29.7 Å². The van der Waals surface area contributed by atoms with Crippen LogP contribution in [0.4, 0.5) is 0 Å². The Morgan fingerprint density at radius 2 is 2.14 bits per heavy atom. The molecule has 0 saturated carbocycles. The van der Waals surface area contributed by atoms with Crippen molar-refractivity contribution in [2.45, 2.75) is 32.4 Å². The van der Waals surface area contributed by atoms with Crippen LogP contribution >= 0.6 is 0 Å². The molecule has 0 aliphatic carbocycles. The number of nitrogens with one attached hydrogen (secondary N) is 1. The molecule has 1 aromatic heterocycles. The van der Waals surface area contributed by atoms with E-state index in [1.54, 1.807) is 12.5 Å². The molecule has 1 amide bonds. The van der Waals surface area contributed by atoms with E-state index in [9.17, 15) is 4.79 Å². The van der Waals surface area contributed by atoms with E-state index >= 15 is 0 Å². The number of aromatic nitrogens is 2. The lowest BCUT2D eigenvalue weighted by atomic mass is 10.0. The summed E-state index contributed by atoms with van der Waals surface area (Å²) < 4.78 is 1.82. The van der Waals surface area contributed by atoms with E-state index in [-0.39, 0.29) is 18.5 Å². The number of carbonyl (C=O) groups is 1. The van der Waals surface area contributed by atoms with Gasteiger partial charge in [0.1, 0.15) is 6.54 Å². The molecule has 0 radical (unpaired) electrons. The van der Waals surface area contributed by atoms with Gasteiger partial charge in [-0.05, 0) is 18.4 Å². The number of nitrogens with zero attached hydrogens (tertiary/aromatic N) is 2. The van der Waals surface area contributed by atoms with Crippen molar-refractivity contribution in [3.05, 3.63) is 54.1 Å². The maximum absolute atomic E-state index is 11.8. The Morgan fingerprint density at radius 1 is 1.38 bits per heavy atom. The van der Waals surface area contributed by atoms with Gasteiger partial charge < -0.3 is 15.6 Å². The number of benzene rings is 1. The maximum atomic E-state index is 11.8. The zero-order valence-corrected chi connectivity index (χ0v) is 12.3.